The number of pyridine rings is 1. The summed E-state index contributed by atoms with van der Waals surface area (Å²) in [5.41, 5.74) is 5.05. The zero-order valence-corrected chi connectivity index (χ0v) is 18.6. The Hall–Kier alpha value is -2.82. The maximum atomic E-state index is 5.41. The molecule has 162 valence electrons. The van der Waals surface area contributed by atoms with E-state index in [0.29, 0.717) is 17.9 Å². The molecule has 2 heterocycles. The number of aryl methyl sites for hydroxylation is 1. The first-order valence-electron chi connectivity index (χ1n) is 11.6. The Bertz CT molecular complexity index is 1030. The van der Waals surface area contributed by atoms with Crippen LogP contribution in [0.15, 0.2) is 48.9 Å². The van der Waals surface area contributed by atoms with Gasteiger partial charge in [0.15, 0.2) is 0 Å². The van der Waals surface area contributed by atoms with Gasteiger partial charge in [-0.25, -0.2) is 4.98 Å². The van der Waals surface area contributed by atoms with Gasteiger partial charge in [0.2, 0.25) is 0 Å². The lowest BCUT2D eigenvalue weighted by Crippen LogP contribution is -2.21. The van der Waals surface area contributed by atoms with Gasteiger partial charge in [-0.05, 0) is 92.2 Å². The van der Waals surface area contributed by atoms with Gasteiger partial charge in [0.1, 0.15) is 11.6 Å². The van der Waals surface area contributed by atoms with Gasteiger partial charge in [0.25, 0.3) is 0 Å². The number of hydrogen-bond acceptors (Lipinski definition) is 4. The van der Waals surface area contributed by atoms with Crippen molar-refractivity contribution in [1.29, 1.82) is 0 Å². The smallest absolute Gasteiger partial charge is 0.126 e. The normalized spacial score (nSPS) is 21.1. The van der Waals surface area contributed by atoms with Crippen molar-refractivity contribution in [2.75, 3.05) is 19.0 Å². The van der Waals surface area contributed by atoms with Crippen LogP contribution in [0.4, 0.5) is 5.82 Å². The van der Waals surface area contributed by atoms with Crippen LogP contribution in [0.1, 0.15) is 61.6 Å². The fraction of sp³-hybridized carbons (Fsp3) is 0.462. The molecule has 0 bridgehead atoms. The lowest BCUT2D eigenvalue weighted by molar-refractivity contribution is 0.338. The first-order valence-corrected chi connectivity index (χ1v) is 11.6. The number of methoxy groups -OCH3 is 1. The highest BCUT2D eigenvalue weighted by molar-refractivity contribution is 5.64. The standard InChI is InChI=1S/C26H32N4O/c1-18-13-21(7-10-25(18)31-2)20-5-3-19(4-6-20)15-28-26-14-22(11-12-27-26)23-16-29-30(17-23)24-8-9-24/h7,10-14,16-17,19-20,24H,3-6,8-9,15H2,1-2H3,(H,27,28). The van der Waals surface area contributed by atoms with E-state index in [9.17, 15) is 0 Å². The summed E-state index contributed by atoms with van der Waals surface area (Å²) in [6.45, 7) is 3.13. The summed E-state index contributed by atoms with van der Waals surface area (Å²) in [6.07, 6.45) is 13.6. The molecule has 1 N–H and O–H groups in total. The molecular formula is C26H32N4O. The maximum Gasteiger partial charge on any atom is 0.126 e. The van der Waals surface area contributed by atoms with Crippen LogP contribution < -0.4 is 10.1 Å². The Morgan fingerprint density at radius 3 is 2.61 bits per heavy atom. The fourth-order valence-corrected chi connectivity index (χ4v) is 4.84. The predicted octanol–water partition coefficient (Wildman–Crippen LogP) is 5.98. The van der Waals surface area contributed by atoms with E-state index >= 15 is 0 Å². The van der Waals surface area contributed by atoms with E-state index < -0.39 is 0 Å². The molecule has 1 aromatic carbocycles. The Balaban J connectivity index is 1.15. The molecule has 3 aromatic rings. The molecule has 0 atom stereocenters. The summed E-state index contributed by atoms with van der Waals surface area (Å²) in [5, 5.41) is 8.11. The minimum atomic E-state index is 0.616. The van der Waals surface area contributed by atoms with E-state index in [1.165, 1.54) is 60.8 Å². The first kappa shape index (κ1) is 20.1. The highest BCUT2D eigenvalue weighted by atomic mass is 16.5. The number of anilines is 1. The molecular weight excluding hydrogens is 384 g/mol. The second-order valence-electron chi connectivity index (χ2n) is 9.20. The Labute approximate surface area is 184 Å². The summed E-state index contributed by atoms with van der Waals surface area (Å²) in [6, 6.07) is 11.5. The molecule has 31 heavy (non-hydrogen) atoms. The van der Waals surface area contributed by atoms with E-state index in [0.717, 1.165) is 18.1 Å². The number of nitrogens with zero attached hydrogens (tertiary/aromatic N) is 3. The van der Waals surface area contributed by atoms with Crippen molar-refractivity contribution in [3.05, 3.63) is 60.0 Å². The van der Waals surface area contributed by atoms with Gasteiger partial charge in [0.05, 0.1) is 19.3 Å². The summed E-state index contributed by atoms with van der Waals surface area (Å²) >= 11 is 0. The molecule has 0 radical (unpaired) electrons. The van der Waals surface area contributed by atoms with Gasteiger partial charge in [-0.15, -0.1) is 0 Å². The molecule has 2 saturated carbocycles. The molecule has 0 amide bonds. The van der Waals surface area contributed by atoms with Crippen LogP contribution in [0, 0.1) is 12.8 Å². The van der Waals surface area contributed by atoms with Crippen molar-refractivity contribution in [3.8, 4) is 16.9 Å². The lowest BCUT2D eigenvalue weighted by atomic mass is 9.78. The number of aromatic nitrogens is 3. The fourth-order valence-electron chi connectivity index (χ4n) is 4.84. The SMILES string of the molecule is COc1ccc(C2CCC(CNc3cc(-c4cnn(C5CC5)c4)ccn3)CC2)cc1C. The third-order valence-corrected chi connectivity index (χ3v) is 6.92. The second-order valence-corrected chi connectivity index (χ2v) is 9.20. The Morgan fingerprint density at radius 2 is 1.87 bits per heavy atom. The van der Waals surface area contributed by atoms with E-state index in [4.69, 9.17) is 4.74 Å². The number of ether oxygens (including phenoxy) is 1. The van der Waals surface area contributed by atoms with Gasteiger partial charge < -0.3 is 10.1 Å². The molecule has 2 aliphatic rings. The molecule has 2 fully saturated rings. The Morgan fingerprint density at radius 1 is 1.03 bits per heavy atom. The third kappa shape index (κ3) is 4.60. The van der Waals surface area contributed by atoms with Gasteiger partial charge in [-0.1, -0.05) is 12.1 Å². The highest BCUT2D eigenvalue weighted by Crippen LogP contribution is 2.37. The van der Waals surface area contributed by atoms with Crippen LogP contribution in [-0.4, -0.2) is 28.4 Å². The second kappa shape index (κ2) is 8.74. The van der Waals surface area contributed by atoms with Crippen molar-refractivity contribution in [2.24, 2.45) is 5.92 Å². The number of nitrogens with one attached hydrogen (secondary N) is 1. The zero-order valence-electron chi connectivity index (χ0n) is 18.6. The van der Waals surface area contributed by atoms with Crippen molar-refractivity contribution >= 4 is 5.82 Å². The van der Waals surface area contributed by atoms with Crippen LogP contribution in [-0.2, 0) is 0 Å². The van der Waals surface area contributed by atoms with Crippen LogP contribution >= 0.6 is 0 Å². The van der Waals surface area contributed by atoms with E-state index in [-0.39, 0.29) is 0 Å². The summed E-state index contributed by atoms with van der Waals surface area (Å²) < 4.78 is 7.51. The molecule has 0 saturated heterocycles. The predicted molar refractivity (Wildman–Crippen MR) is 125 cm³/mol. The van der Waals surface area contributed by atoms with Crippen LogP contribution in [0.25, 0.3) is 11.1 Å². The average Bonchev–Trinajstić information content (AvgIpc) is 3.54. The van der Waals surface area contributed by atoms with Crippen LogP contribution in [0.3, 0.4) is 0 Å². The van der Waals surface area contributed by atoms with Crippen LogP contribution in [0.2, 0.25) is 0 Å². The molecule has 2 aliphatic carbocycles. The summed E-state index contributed by atoms with van der Waals surface area (Å²) in [7, 11) is 1.74. The quantitative estimate of drug-likeness (QED) is 0.514. The van der Waals surface area contributed by atoms with Gasteiger partial charge in [-0.3, -0.25) is 4.68 Å². The lowest BCUT2D eigenvalue weighted by Gasteiger charge is -2.29. The largest absolute Gasteiger partial charge is 0.496 e. The number of rotatable bonds is 7. The molecule has 5 rings (SSSR count). The molecule has 0 spiro atoms. The van der Waals surface area contributed by atoms with Gasteiger partial charge in [0, 0.05) is 24.5 Å². The van der Waals surface area contributed by atoms with Gasteiger partial charge >= 0.3 is 0 Å². The molecule has 0 unspecified atom stereocenters. The zero-order chi connectivity index (χ0) is 21.2. The maximum absolute atomic E-state index is 5.41. The minimum Gasteiger partial charge on any atom is -0.496 e. The summed E-state index contributed by atoms with van der Waals surface area (Å²) in [5.74, 6) is 3.32. The minimum absolute atomic E-state index is 0.616. The average molecular weight is 417 g/mol. The van der Waals surface area contributed by atoms with Crippen molar-refractivity contribution in [3.63, 3.8) is 0 Å². The highest BCUT2D eigenvalue weighted by Gasteiger charge is 2.25. The van der Waals surface area contributed by atoms with E-state index in [2.05, 4.69) is 63.5 Å². The first-order chi connectivity index (χ1) is 15.2. The molecule has 5 nitrogen and oxygen atoms in total. The molecule has 0 aliphatic heterocycles. The third-order valence-electron chi connectivity index (χ3n) is 6.92. The van der Waals surface area contributed by atoms with Crippen molar-refractivity contribution in [2.45, 2.75) is 57.4 Å². The molecule has 5 heteroatoms. The number of benzene rings is 1. The van der Waals surface area contributed by atoms with Gasteiger partial charge in [-0.2, -0.15) is 5.10 Å². The molecule has 2 aromatic heterocycles. The Kier molecular flexibility index (Phi) is 5.66. The van der Waals surface area contributed by atoms with E-state index in [1.54, 1.807) is 7.11 Å². The van der Waals surface area contributed by atoms with Crippen LogP contribution in [0.5, 0.6) is 5.75 Å². The summed E-state index contributed by atoms with van der Waals surface area (Å²) in [4.78, 5) is 4.54. The monoisotopic (exact) mass is 416 g/mol. The van der Waals surface area contributed by atoms with Crippen molar-refractivity contribution < 1.29 is 4.74 Å². The van der Waals surface area contributed by atoms with Crippen molar-refractivity contribution in [1.82, 2.24) is 14.8 Å². The number of hydrogen-bond donors (Lipinski definition) is 1. The topological polar surface area (TPSA) is 52.0 Å². The van der Waals surface area contributed by atoms with E-state index in [1.807, 2.05) is 12.4 Å².